The molecular formula is C18H19NO6. The number of hydrogen-bond donors (Lipinski definition) is 0. The van der Waals surface area contributed by atoms with Gasteiger partial charge in [-0.25, -0.2) is 14.4 Å². The Kier molecular flexibility index (Phi) is 6.88. The van der Waals surface area contributed by atoms with Crippen LogP contribution in [0, 0.1) is 16.7 Å². The summed E-state index contributed by atoms with van der Waals surface area (Å²) >= 11 is 0. The highest BCUT2D eigenvalue weighted by Crippen LogP contribution is 2.17. The molecule has 1 aromatic carbocycles. The van der Waals surface area contributed by atoms with Crippen LogP contribution in [0.15, 0.2) is 36.4 Å². The van der Waals surface area contributed by atoms with Crippen LogP contribution in [0.1, 0.15) is 41.5 Å². The molecule has 0 amide bonds. The molecule has 0 atom stereocenters. The van der Waals surface area contributed by atoms with Gasteiger partial charge in [-0.05, 0) is 32.9 Å². The predicted molar refractivity (Wildman–Crippen MR) is 87.3 cm³/mol. The first-order chi connectivity index (χ1) is 11.7. The lowest BCUT2D eigenvalue weighted by Gasteiger charge is -2.16. The summed E-state index contributed by atoms with van der Waals surface area (Å²) in [5, 5.41) is 8.94. The topological polar surface area (TPSA) is 103 Å². The Hall–Kier alpha value is -3.14. The normalized spacial score (nSPS) is 10.3. The number of hydrogen-bond acceptors (Lipinski definition) is 7. The molecule has 0 spiro atoms. The molecule has 0 aromatic heterocycles. The molecule has 1 rings (SSSR count). The second-order valence-electron chi connectivity index (χ2n) is 5.88. The summed E-state index contributed by atoms with van der Waals surface area (Å²) in [4.78, 5) is 35.5. The van der Waals surface area contributed by atoms with Crippen LogP contribution >= 0.6 is 0 Å². The first-order valence-electron chi connectivity index (χ1n) is 7.35. The Morgan fingerprint density at radius 2 is 1.60 bits per heavy atom. The van der Waals surface area contributed by atoms with Gasteiger partial charge in [0.15, 0.2) is 0 Å². The Labute approximate surface area is 145 Å². The molecule has 0 fully saturated rings. The average molecular weight is 345 g/mol. The highest BCUT2D eigenvalue weighted by atomic mass is 16.7. The number of ether oxygens (including phenoxy) is 3. The number of esters is 3. The van der Waals surface area contributed by atoms with Crippen LogP contribution in [-0.4, -0.2) is 31.3 Å². The highest BCUT2D eigenvalue weighted by Gasteiger charge is 2.23. The van der Waals surface area contributed by atoms with E-state index in [1.165, 1.54) is 19.1 Å². The summed E-state index contributed by atoms with van der Waals surface area (Å²) in [6.07, 6.45) is 0. The maximum absolute atomic E-state index is 12.2. The maximum atomic E-state index is 12.2. The number of benzene rings is 1. The maximum Gasteiger partial charge on any atom is 0.341 e. The van der Waals surface area contributed by atoms with Gasteiger partial charge in [-0.1, -0.05) is 18.7 Å². The second kappa shape index (κ2) is 8.64. The minimum absolute atomic E-state index is 0.00697. The van der Waals surface area contributed by atoms with Crippen LogP contribution in [0.25, 0.3) is 0 Å². The Balaban J connectivity index is 2.77. The van der Waals surface area contributed by atoms with Gasteiger partial charge in [-0.3, -0.25) is 0 Å². The van der Waals surface area contributed by atoms with Gasteiger partial charge in [0, 0.05) is 5.57 Å². The third kappa shape index (κ3) is 6.11. The molecule has 0 aliphatic rings. The molecule has 1 aromatic rings. The van der Waals surface area contributed by atoms with Crippen LogP contribution in [0.5, 0.6) is 0 Å². The summed E-state index contributed by atoms with van der Waals surface area (Å²) in [5.74, 6) is -2.30. The molecular weight excluding hydrogens is 326 g/mol. The lowest BCUT2D eigenvalue weighted by molar-refractivity contribution is -0.147. The predicted octanol–water partition coefficient (Wildman–Crippen LogP) is 2.63. The van der Waals surface area contributed by atoms with Crippen molar-refractivity contribution in [2.24, 2.45) is 5.41 Å². The van der Waals surface area contributed by atoms with Crippen molar-refractivity contribution in [1.82, 2.24) is 0 Å². The molecule has 0 bridgehead atoms. The van der Waals surface area contributed by atoms with Gasteiger partial charge in [0.1, 0.15) is 6.61 Å². The molecule has 0 aliphatic heterocycles. The second-order valence-corrected chi connectivity index (χ2v) is 5.88. The third-order valence-corrected chi connectivity index (χ3v) is 2.96. The number of nitriles is 1. The summed E-state index contributed by atoms with van der Waals surface area (Å²) in [5.41, 5.74) is -0.719. The van der Waals surface area contributed by atoms with Gasteiger partial charge < -0.3 is 14.2 Å². The first kappa shape index (κ1) is 19.9. The van der Waals surface area contributed by atoms with Gasteiger partial charge in [0.25, 0.3) is 0 Å². The van der Waals surface area contributed by atoms with Crippen molar-refractivity contribution >= 4 is 17.9 Å². The molecule has 0 unspecified atom stereocenters. The van der Waals surface area contributed by atoms with Crippen LogP contribution < -0.4 is 0 Å². The lowest BCUT2D eigenvalue weighted by Crippen LogP contribution is -2.22. The van der Waals surface area contributed by atoms with E-state index in [4.69, 9.17) is 14.7 Å². The van der Waals surface area contributed by atoms with Crippen molar-refractivity contribution in [3.63, 3.8) is 0 Å². The molecule has 0 heterocycles. The van der Waals surface area contributed by atoms with Crippen LogP contribution in [0.2, 0.25) is 0 Å². The van der Waals surface area contributed by atoms with E-state index in [-0.39, 0.29) is 23.3 Å². The van der Waals surface area contributed by atoms with E-state index in [9.17, 15) is 14.4 Å². The van der Waals surface area contributed by atoms with E-state index >= 15 is 0 Å². The van der Waals surface area contributed by atoms with Crippen molar-refractivity contribution in [3.8, 4) is 6.07 Å². The number of rotatable bonds is 7. The zero-order chi connectivity index (χ0) is 19.0. The van der Waals surface area contributed by atoms with E-state index in [2.05, 4.69) is 11.3 Å². The van der Waals surface area contributed by atoms with E-state index in [0.29, 0.717) is 0 Å². The molecule has 7 heteroatoms. The summed E-state index contributed by atoms with van der Waals surface area (Å²) < 4.78 is 14.6. The summed E-state index contributed by atoms with van der Waals surface area (Å²) in [6, 6.07) is 7.90. The van der Waals surface area contributed by atoms with Crippen LogP contribution in [0.4, 0.5) is 0 Å². The fourth-order valence-electron chi connectivity index (χ4n) is 1.53. The third-order valence-electron chi connectivity index (χ3n) is 2.96. The van der Waals surface area contributed by atoms with Gasteiger partial charge in [-0.15, -0.1) is 0 Å². The number of carbonyl (C=O) groups excluding carboxylic acids is 3. The zero-order valence-corrected chi connectivity index (χ0v) is 14.3. The van der Waals surface area contributed by atoms with E-state index < -0.39 is 30.1 Å². The minimum Gasteiger partial charge on any atom is -0.460 e. The molecule has 0 saturated heterocycles. The molecule has 7 nitrogen and oxygen atoms in total. The number of carbonyl (C=O) groups is 3. The fourth-order valence-corrected chi connectivity index (χ4v) is 1.53. The zero-order valence-electron chi connectivity index (χ0n) is 14.3. The van der Waals surface area contributed by atoms with Crippen molar-refractivity contribution in [2.45, 2.75) is 20.8 Å². The van der Waals surface area contributed by atoms with Crippen molar-refractivity contribution < 1.29 is 28.6 Å². The smallest absolute Gasteiger partial charge is 0.341 e. The largest absolute Gasteiger partial charge is 0.460 e. The molecule has 132 valence electrons. The molecule has 25 heavy (non-hydrogen) atoms. The quantitative estimate of drug-likeness (QED) is 0.425. The summed E-state index contributed by atoms with van der Waals surface area (Å²) in [6.45, 7) is 7.37. The molecule has 0 aliphatic carbocycles. The van der Waals surface area contributed by atoms with Gasteiger partial charge in [0.05, 0.1) is 22.6 Å². The van der Waals surface area contributed by atoms with Gasteiger partial charge in [0.2, 0.25) is 6.79 Å². The lowest BCUT2D eigenvalue weighted by atomic mass is 9.97. The van der Waals surface area contributed by atoms with Gasteiger partial charge in [-0.2, -0.15) is 5.26 Å². The average Bonchev–Trinajstić information content (AvgIpc) is 2.59. The van der Waals surface area contributed by atoms with Crippen LogP contribution in [0.3, 0.4) is 0 Å². The van der Waals surface area contributed by atoms with E-state index in [1.54, 1.807) is 26.0 Å². The standard InChI is InChI=1S/C18H19NO6/c1-12(2)15(20)24-11-25-17(22)14-8-6-5-7-13(14)16(21)23-10-18(3,4)9-19/h5-8H,1,10-11H2,2-4H3. The molecule has 0 saturated carbocycles. The first-order valence-corrected chi connectivity index (χ1v) is 7.35. The van der Waals surface area contributed by atoms with E-state index in [0.717, 1.165) is 0 Å². The monoisotopic (exact) mass is 345 g/mol. The van der Waals surface area contributed by atoms with Crippen molar-refractivity contribution in [2.75, 3.05) is 13.4 Å². The van der Waals surface area contributed by atoms with Gasteiger partial charge >= 0.3 is 17.9 Å². The fraction of sp³-hybridized carbons (Fsp3) is 0.333. The van der Waals surface area contributed by atoms with Crippen molar-refractivity contribution in [3.05, 3.63) is 47.5 Å². The molecule has 0 radical (unpaired) electrons. The highest BCUT2D eigenvalue weighted by molar-refractivity contribution is 6.03. The Morgan fingerprint density at radius 3 is 2.08 bits per heavy atom. The SMILES string of the molecule is C=C(C)C(=O)OCOC(=O)c1ccccc1C(=O)OCC(C)(C)C#N. The Bertz CT molecular complexity index is 729. The molecule has 0 N–H and O–H groups in total. The van der Waals surface area contributed by atoms with Crippen LogP contribution in [-0.2, 0) is 19.0 Å². The Morgan fingerprint density at radius 1 is 1.08 bits per heavy atom. The van der Waals surface area contributed by atoms with E-state index in [1.807, 2.05) is 6.07 Å². The minimum atomic E-state index is -0.846. The van der Waals surface area contributed by atoms with Crippen molar-refractivity contribution in [1.29, 1.82) is 5.26 Å². The number of nitrogens with zero attached hydrogens (tertiary/aromatic N) is 1. The summed E-state index contributed by atoms with van der Waals surface area (Å²) in [7, 11) is 0.